The van der Waals surface area contributed by atoms with Gasteiger partial charge in [-0.3, -0.25) is 14.8 Å². The molecule has 0 saturated heterocycles. The second-order valence-corrected chi connectivity index (χ2v) is 3.69. The minimum Gasteiger partial charge on any atom is -0.338 e. The van der Waals surface area contributed by atoms with Crippen LogP contribution in [0.1, 0.15) is 13.8 Å². The van der Waals surface area contributed by atoms with Crippen LogP contribution in [-0.4, -0.2) is 46.1 Å². The molecule has 0 spiro atoms. The summed E-state index contributed by atoms with van der Waals surface area (Å²) >= 11 is 0. The Bertz CT molecular complexity index is 378. The van der Waals surface area contributed by atoms with Crippen LogP contribution in [0.25, 0.3) is 0 Å². The number of carbonyl (C=O) groups excluding carboxylic acids is 2. The highest BCUT2D eigenvalue weighted by Gasteiger charge is 2.14. The van der Waals surface area contributed by atoms with E-state index in [4.69, 9.17) is 0 Å². The van der Waals surface area contributed by atoms with E-state index in [0.29, 0.717) is 19.6 Å². The number of urea groups is 1. The summed E-state index contributed by atoms with van der Waals surface area (Å²) in [6, 6.07) is -0.927. The van der Waals surface area contributed by atoms with Gasteiger partial charge in [0.1, 0.15) is 0 Å². The zero-order valence-electron chi connectivity index (χ0n) is 10.5. The number of hydrogen-bond donors (Lipinski definition) is 3. The smallest absolute Gasteiger partial charge is 0.321 e. The molecule has 1 unspecified atom stereocenters. The summed E-state index contributed by atoms with van der Waals surface area (Å²) in [5.41, 5.74) is 0. The Hall–Kier alpha value is -1.96. The largest absolute Gasteiger partial charge is 0.338 e. The molecule has 1 aromatic rings. The summed E-state index contributed by atoms with van der Waals surface area (Å²) < 4.78 is 1.65. The summed E-state index contributed by atoms with van der Waals surface area (Å²) in [6.45, 7) is 5.12. The third-order valence-electron chi connectivity index (χ3n) is 2.23. The molecule has 100 valence electrons. The number of amides is 3. The van der Waals surface area contributed by atoms with Crippen LogP contribution in [0.2, 0.25) is 0 Å². The highest BCUT2D eigenvalue weighted by Crippen LogP contribution is 1.84. The van der Waals surface area contributed by atoms with Crippen molar-refractivity contribution in [3.8, 4) is 0 Å². The Balaban J connectivity index is 2.21. The Kier molecular flexibility index (Phi) is 5.78. The number of nitrogens with zero attached hydrogens (tertiary/aromatic N) is 3. The van der Waals surface area contributed by atoms with Gasteiger partial charge in [0.25, 0.3) is 0 Å². The van der Waals surface area contributed by atoms with Crippen molar-refractivity contribution in [2.75, 3.05) is 13.1 Å². The normalized spacial score (nSPS) is 11.9. The Morgan fingerprint density at radius 3 is 2.83 bits per heavy atom. The topological polar surface area (TPSA) is 101 Å². The predicted molar refractivity (Wildman–Crippen MR) is 64.7 cm³/mol. The lowest BCUT2D eigenvalue weighted by Crippen LogP contribution is -2.48. The van der Waals surface area contributed by atoms with Crippen LogP contribution in [0.3, 0.4) is 0 Å². The van der Waals surface area contributed by atoms with Gasteiger partial charge in [-0.25, -0.2) is 4.79 Å². The van der Waals surface area contributed by atoms with E-state index in [1.807, 2.05) is 0 Å². The first-order chi connectivity index (χ1) is 8.63. The molecule has 0 saturated carbocycles. The number of carbonyl (C=O) groups is 2. The first kappa shape index (κ1) is 14.1. The van der Waals surface area contributed by atoms with Gasteiger partial charge in [0, 0.05) is 19.3 Å². The van der Waals surface area contributed by atoms with Gasteiger partial charge in [0.15, 0.2) is 0 Å². The van der Waals surface area contributed by atoms with Crippen LogP contribution in [0.15, 0.2) is 12.4 Å². The standard InChI is InChI=1S/C10H18N6O2/c1-3-11-10(18)14-9(17)8(2)12-4-6-16-7-5-13-15-16/h5,7-8,12H,3-4,6H2,1-2H3,(H2,11,14,17,18). The second kappa shape index (κ2) is 7.38. The molecule has 1 aromatic heterocycles. The molecule has 3 N–H and O–H groups in total. The van der Waals surface area contributed by atoms with Gasteiger partial charge in [-0.05, 0) is 13.8 Å². The molecule has 0 fully saturated rings. The number of imide groups is 1. The van der Waals surface area contributed by atoms with Crippen LogP contribution in [0.5, 0.6) is 0 Å². The van der Waals surface area contributed by atoms with Gasteiger partial charge in [-0.15, -0.1) is 5.10 Å². The van der Waals surface area contributed by atoms with E-state index in [2.05, 4.69) is 26.3 Å². The molecular formula is C10H18N6O2. The van der Waals surface area contributed by atoms with Crippen LogP contribution in [0.4, 0.5) is 4.79 Å². The maximum Gasteiger partial charge on any atom is 0.321 e. The van der Waals surface area contributed by atoms with Gasteiger partial charge >= 0.3 is 6.03 Å². The lowest BCUT2D eigenvalue weighted by Gasteiger charge is -2.13. The molecule has 3 amide bonds. The Morgan fingerprint density at radius 2 is 2.22 bits per heavy atom. The summed E-state index contributed by atoms with van der Waals surface area (Å²) in [5, 5.41) is 15.2. The van der Waals surface area contributed by atoms with Gasteiger partial charge in [0.2, 0.25) is 5.91 Å². The van der Waals surface area contributed by atoms with Crippen molar-refractivity contribution < 1.29 is 9.59 Å². The minimum atomic E-state index is -0.479. The van der Waals surface area contributed by atoms with Crippen molar-refractivity contribution in [2.45, 2.75) is 26.4 Å². The average Bonchev–Trinajstić information content (AvgIpc) is 2.82. The summed E-state index contributed by atoms with van der Waals surface area (Å²) in [7, 11) is 0. The van der Waals surface area contributed by atoms with Crippen molar-refractivity contribution in [3.05, 3.63) is 12.4 Å². The van der Waals surface area contributed by atoms with E-state index in [9.17, 15) is 9.59 Å². The minimum absolute atomic E-state index is 0.362. The molecule has 0 aromatic carbocycles. The van der Waals surface area contributed by atoms with Crippen LogP contribution in [-0.2, 0) is 11.3 Å². The fraction of sp³-hybridized carbons (Fsp3) is 0.600. The van der Waals surface area contributed by atoms with Crippen molar-refractivity contribution in [3.63, 3.8) is 0 Å². The molecule has 8 heteroatoms. The summed E-state index contributed by atoms with van der Waals surface area (Å²) in [5.74, 6) is -0.362. The van der Waals surface area contributed by atoms with Gasteiger partial charge in [-0.1, -0.05) is 5.21 Å². The van der Waals surface area contributed by atoms with Crippen molar-refractivity contribution in [1.82, 2.24) is 30.9 Å². The molecule has 1 atom stereocenters. The Labute approximate surface area is 105 Å². The second-order valence-electron chi connectivity index (χ2n) is 3.69. The predicted octanol–water partition coefficient (Wildman–Crippen LogP) is -0.898. The highest BCUT2D eigenvalue weighted by atomic mass is 16.2. The lowest BCUT2D eigenvalue weighted by molar-refractivity contribution is -0.121. The van der Waals surface area contributed by atoms with E-state index in [1.54, 1.807) is 30.9 Å². The molecule has 8 nitrogen and oxygen atoms in total. The van der Waals surface area contributed by atoms with Crippen LogP contribution < -0.4 is 16.0 Å². The fourth-order valence-corrected chi connectivity index (χ4v) is 1.27. The number of nitrogens with one attached hydrogen (secondary N) is 3. The van der Waals surface area contributed by atoms with Crippen LogP contribution >= 0.6 is 0 Å². The number of rotatable bonds is 6. The zero-order chi connectivity index (χ0) is 13.4. The molecule has 1 rings (SSSR count). The molecule has 0 radical (unpaired) electrons. The summed E-state index contributed by atoms with van der Waals surface area (Å²) in [6.07, 6.45) is 3.33. The number of aromatic nitrogens is 3. The average molecular weight is 254 g/mol. The van der Waals surface area contributed by atoms with E-state index >= 15 is 0 Å². The SMILES string of the molecule is CCNC(=O)NC(=O)C(C)NCCn1ccnn1. The third kappa shape index (κ3) is 4.91. The quantitative estimate of drug-likeness (QED) is 0.611. The number of hydrogen-bond acceptors (Lipinski definition) is 5. The molecule has 0 aliphatic rings. The molecular weight excluding hydrogens is 236 g/mol. The maximum absolute atomic E-state index is 11.6. The van der Waals surface area contributed by atoms with E-state index < -0.39 is 12.1 Å². The third-order valence-corrected chi connectivity index (χ3v) is 2.23. The molecule has 18 heavy (non-hydrogen) atoms. The van der Waals surface area contributed by atoms with Crippen molar-refractivity contribution >= 4 is 11.9 Å². The maximum atomic E-state index is 11.6. The van der Waals surface area contributed by atoms with E-state index in [0.717, 1.165) is 0 Å². The lowest BCUT2D eigenvalue weighted by atomic mass is 10.3. The monoisotopic (exact) mass is 254 g/mol. The summed E-state index contributed by atoms with van der Waals surface area (Å²) in [4.78, 5) is 22.7. The molecule has 0 aliphatic carbocycles. The molecule has 0 aliphatic heterocycles. The zero-order valence-corrected chi connectivity index (χ0v) is 10.5. The van der Waals surface area contributed by atoms with E-state index in [1.165, 1.54) is 0 Å². The first-order valence-corrected chi connectivity index (χ1v) is 5.79. The molecule has 0 bridgehead atoms. The first-order valence-electron chi connectivity index (χ1n) is 5.79. The van der Waals surface area contributed by atoms with Crippen molar-refractivity contribution in [2.24, 2.45) is 0 Å². The van der Waals surface area contributed by atoms with Gasteiger partial charge in [0.05, 0.1) is 18.8 Å². The van der Waals surface area contributed by atoms with Crippen molar-refractivity contribution in [1.29, 1.82) is 0 Å². The van der Waals surface area contributed by atoms with Crippen LogP contribution in [0, 0.1) is 0 Å². The Morgan fingerprint density at radius 1 is 1.44 bits per heavy atom. The van der Waals surface area contributed by atoms with E-state index in [-0.39, 0.29) is 5.91 Å². The van der Waals surface area contributed by atoms with Gasteiger partial charge < -0.3 is 10.6 Å². The highest BCUT2D eigenvalue weighted by molar-refractivity contribution is 5.96. The van der Waals surface area contributed by atoms with Gasteiger partial charge in [-0.2, -0.15) is 0 Å². The molecule has 1 heterocycles. The fourth-order valence-electron chi connectivity index (χ4n) is 1.27.